The SMILES string of the molecule is CCOC(=O)c1c(C)noc1NS(=O)(=O)c1ccc(C)cc1. The predicted octanol–water partition coefficient (Wildman–Crippen LogP) is 2.27. The van der Waals surface area contributed by atoms with Gasteiger partial charge in [-0.1, -0.05) is 22.9 Å². The van der Waals surface area contributed by atoms with Crippen LogP contribution in [0, 0.1) is 13.8 Å². The average Bonchev–Trinajstić information content (AvgIpc) is 2.80. The summed E-state index contributed by atoms with van der Waals surface area (Å²) < 4.78 is 36.6. The number of aryl methyl sites for hydroxylation is 2. The van der Waals surface area contributed by atoms with Crippen molar-refractivity contribution in [2.24, 2.45) is 0 Å². The lowest BCUT2D eigenvalue weighted by Gasteiger charge is -2.07. The van der Waals surface area contributed by atoms with Gasteiger partial charge < -0.3 is 9.26 Å². The Balaban J connectivity index is 2.34. The van der Waals surface area contributed by atoms with Crippen molar-refractivity contribution in [3.05, 3.63) is 41.1 Å². The summed E-state index contributed by atoms with van der Waals surface area (Å²) in [5.41, 5.74) is 1.15. The van der Waals surface area contributed by atoms with Crippen LogP contribution < -0.4 is 4.72 Å². The van der Waals surface area contributed by atoms with E-state index in [1.807, 2.05) is 6.92 Å². The lowest BCUT2D eigenvalue weighted by molar-refractivity contribution is 0.0526. The number of carbonyl (C=O) groups is 1. The van der Waals surface area contributed by atoms with Crippen LogP contribution in [0.4, 0.5) is 5.88 Å². The van der Waals surface area contributed by atoms with Crippen LogP contribution in [0.25, 0.3) is 0 Å². The van der Waals surface area contributed by atoms with Crippen LogP contribution in [-0.4, -0.2) is 26.2 Å². The topological polar surface area (TPSA) is 98.5 Å². The second-order valence-electron chi connectivity index (χ2n) is 4.61. The molecule has 2 rings (SSSR count). The van der Waals surface area contributed by atoms with Gasteiger partial charge >= 0.3 is 5.97 Å². The second kappa shape index (κ2) is 6.18. The molecule has 22 heavy (non-hydrogen) atoms. The Morgan fingerprint density at radius 3 is 2.50 bits per heavy atom. The van der Waals surface area contributed by atoms with Crippen molar-refractivity contribution >= 4 is 21.9 Å². The van der Waals surface area contributed by atoms with E-state index in [0.29, 0.717) is 0 Å². The van der Waals surface area contributed by atoms with Gasteiger partial charge in [0.1, 0.15) is 5.56 Å². The highest BCUT2D eigenvalue weighted by molar-refractivity contribution is 7.92. The highest BCUT2D eigenvalue weighted by Crippen LogP contribution is 2.23. The maximum absolute atomic E-state index is 12.3. The van der Waals surface area contributed by atoms with E-state index in [0.717, 1.165) is 5.56 Å². The molecule has 0 spiro atoms. The Bertz CT molecular complexity index is 778. The maximum Gasteiger partial charge on any atom is 0.345 e. The van der Waals surface area contributed by atoms with Crippen LogP contribution >= 0.6 is 0 Å². The van der Waals surface area contributed by atoms with Crippen LogP contribution in [0.3, 0.4) is 0 Å². The Hall–Kier alpha value is -2.35. The van der Waals surface area contributed by atoms with Gasteiger partial charge in [-0.2, -0.15) is 0 Å². The summed E-state index contributed by atoms with van der Waals surface area (Å²) in [6.07, 6.45) is 0. The van der Waals surface area contributed by atoms with Gasteiger partial charge in [0.25, 0.3) is 15.9 Å². The molecule has 0 bridgehead atoms. The average molecular weight is 324 g/mol. The molecule has 0 aliphatic heterocycles. The molecule has 2 aromatic rings. The summed E-state index contributed by atoms with van der Waals surface area (Å²) in [5, 5.41) is 3.61. The van der Waals surface area contributed by atoms with Crippen LogP contribution in [0.2, 0.25) is 0 Å². The summed E-state index contributed by atoms with van der Waals surface area (Å²) in [7, 11) is -3.88. The van der Waals surface area contributed by atoms with Crippen molar-refractivity contribution in [1.82, 2.24) is 5.16 Å². The number of aromatic nitrogens is 1. The number of hydrogen-bond donors (Lipinski definition) is 1. The van der Waals surface area contributed by atoms with Gasteiger partial charge in [-0.25, -0.2) is 17.9 Å². The molecular weight excluding hydrogens is 308 g/mol. The van der Waals surface area contributed by atoms with E-state index in [9.17, 15) is 13.2 Å². The highest BCUT2D eigenvalue weighted by atomic mass is 32.2. The van der Waals surface area contributed by atoms with Crippen molar-refractivity contribution in [2.45, 2.75) is 25.7 Å². The fraction of sp³-hybridized carbons (Fsp3) is 0.286. The first kappa shape index (κ1) is 16.0. The van der Waals surface area contributed by atoms with Gasteiger partial charge in [-0.3, -0.25) is 0 Å². The fourth-order valence-electron chi connectivity index (χ4n) is 1.78. The molecule has 118 valence electrons. The largest absolute Gasteiger partial charge is 0.462 e. The molecule has 0 aliphatic rings. The molecule has 1 N–H and O–H groups in total. The number of nitrogens with zero attached hydrogens (tertiary/aromatic N) is 1. The molecule has 7 nitrogen and oxygen atoms in total. The van der Waals surface area contributed by atoms with Gasteiger partial charge in [0, 0.05) is 0 Å². The lowest BCUT2D eigenvalue weighted by atomic mass is 10.2. The second-order valence-corrected chi connectivity index (χ2v) is 6.29. The molecule has 0 atom stereocenters. The number of esters is 1. The molecular formula is C14H16N2O5S. The number of anilines is 1. The molecule has 1 heterocycles. The number of nitrogens with one attached hydrogen (secondary N) is 1. The van der Waals surface area contributed by atoms with E-state index >= 15 is 0 Å². The third-order valence-corrected chi connectivity index (χ3v) is 4.25. The number of carbonyl (C=O) groups excluding carboxylic acids is 1. The number of benzene rings is 1. The number of ether oxygens (including phenoxy) is 1. The van der Waals surface area contributed by atoms with E-state index in [1.54, 1.807) is 19.1 Å². The first-order valence-electron chi connectivity index (χ1n) is 6.58. The van der Waals surface area contributed by atoms with Crippen molar-refractivity contribution < 1.29 is 22.5 Å². The van der Waals surface area contributed by atoms with Crippen molar-refractivity contribution in [2.75, 3.05) is 11.3 Å². The molecule has 0 saturated carbocycles. The van der Waals surface area contributed by atoms with Gasteiger partial charge in [0.05, 0.1) is 17.2 Å². The third-order valence-electron chi connectivity index (χ3n) is 2.90. The van der Waals surface area contributed by atoms with E-state index in [4.69, 9.17) is 9.26 Å². The van der Waals surface area contributed by atoms with Crippen LogP contribution in [0.1, 0.15) is 28.5 Å². The number of rotatable bonds is 5. The fourth-order valence-corrected chi connectivity index (χ4v) is 2.78. The molecule has 1 aromatic heterocycles. The first-order chi connectivity index (χ1) is 10.3. The van der Waals surface area contributed by atoms with E-state index in [-0.39, 0.29) is 28.6 Å². The Kier molecular flexibility index (Phi) is 4.51. The molecule has 0 unspecified atom stereocenters. The molecule has 0 amide bonds. The molecule has 0 aliphatic carbocycles. The Morgan fingerprint density at radius 2 is 1.91 bits per heavy atom. The quantitative estimate of drug-likeness (QED) is 0.847. The molecule has 0 radical (unpaired) electrons. The zero-order valence-corrected chi connectivity index (χ0v) is 13.2. The van der Waals surface area contributed by atoms with E-state index < -0.39 is 16.0 Å². The zero-order chi connectivity index (χ0) is 16.3. The molecule has 8 heteroatoms. The third kappa shape index (κ3) is 3.28. The summed E-state index contributed by atoms with van der Waals surface area (Å²) in [4.78, 5) is 11.9. The van der Waals surface area contributed by atoms with E-state index in [1.165, 1.54) is 19.1 Å². The maximum atomic E-state index is 12.3. The summed E-state index contributed by atoms with van der Waals surface area (Å²) in [6, 6.07) is 6.27. The standard InChI is InChI=1S/C14H16N2O5S/c1-4-20-14(17)12-10(3)15-21-13(12)16-22(18,19)11-7-5-9(2)6-8-11/h5-8,16H,4H2,1-3H3. The van der Waals surface area contributed by atoms with E-state index in [2.05, 4.69) is 9.88 Å². The monoisotopic (exact) mass is 324 g/mol. The summed E-state index contributed by atoms with van der Waals surface area (Å²) in [6.45, 7) is 5.19. The minimum absolute atomic E-state index is 0.0301. The number of sulfonamides is 1. The summed E-state index contributed by atoms with van der Waals surface area (Å²) in [5.74, 6) is -0.945. The molecule has 0 fully saturated rings. The van der Waals surface area contributed by atoms with Crippen LogP contribution in [0.15, 0.2) is 33.7 Å². The highest BCUT2D eigenvalue weighted by Gasteiger charge is 2.26. The summed E-state index contributed by atoms with van der Waals surface area (Å²) >= 11 is 0. The zero-order valence-electron chi connectivity index (χ0n) is 12.4. The molecule has 0 saturated heterocycles. The number of hydrogen-bond acceptors (Lipinski definition) is 6. The minimum Gasteiger partial charge on any atom is -0.462 e. The van der Waals surface area contributed by atoms with Crippen molar-refractivity contribution in [1.29, 1.82) is 0 Å². The smallest absolute Gasteiger partial charge is 0.345 e. The van der Waals surface area contributed by atoms with Crippen molar-refractivity contribution in [3.63, 3.8) is 0 Å². The normalized spacial score (nSPS) is 11.2. The van der Waals surface area contributed by atoms with Crippen LogP contribution in [-0.2, 0) is 14.8 Å². The molecule has 1 aromatic carbocycles. The van der Waals surface area contributed by atoms with Crippen molar-refractivity contribution in [3.8, 4) is 0 Å². The first-order valence-corrected chi connectivity index (χ1v) is 8.06. The predicted molar refractivity (Wildman–Crippen MR) is 79.2 cm³/mol. The lowest BCUT2D eigenvalue weighted by Crippen LogP contribution is -2.15. The Morgan fingerprint density at radius 1 is 1.27 bits per heavy atom. The van der Waals surface area contributed by atoms with Crippen LogP contribution in [0.5, 0.6) is 0 Å². The van der Waals surface area contributed by atoms with Gasteiger partial charge in [-0.15, -0.1) is 0 Å². The van der Waals surface area contributed by atoms with Gasteiger partial charge in [0.15, 0.2) is 0 Å². The van der Waals surface area contributed by atoms with Gasteiger partial charge in [-0.05, 0) is 32.9 Å². The minimum atomic E-state index is -3.88. The van der Waals surface area contributed by atoms with Gasteiger partial charge in [0.2, 0.25) is 0 Å². The Labute approximate surface area is 128 Å².